The van der Waals surface area contributed by atoms with Gasteiger partial charge < -0.3 is 19.7 Å². The number of hydrogen-bond donors (Lipinski definition) is 1. The van der Waals surface area contributed by atoms with E-state index < -0.39 is 4.92 Å². The van der Waals surface area contributed by atoms with Crippen LogP contribution in [0.3, 0.4) is 0 Å². The molecule has 1 aromatic carbocycles. The second-order valence-corrected chi connectivity index (χ2v) is 4.92. The van der Waals surface area contributed by atoms with Crippen molar-refractivity contribution in [2.75, 3.05) is 44.8 Å². The minimum atomic E-state index is -0.428. The first-order valence-corrected chi connectivity index (χ1v) is 7.06. The quantitative estimate of drug-likeness (QED) is 0.632. The number of likely N-dealkylation sites (N-methyl/N-ethyl adjacent to an activating group) is 1. The van der Waals surface area contributed by atoms with Gasteiger partial charge in [-0.05, 0) is 13.0 Å². The standard InChI is InChI=1S/C14H21N3O4/c1-3-20-14-8-11(4-5-13(14)17(18)19)16(2)10-12-9-15-6-7-21-12/h4-5,8,12,15H,3,6-7,9-10H2,1-2H3. The van der Waals surface area contributed by atoms with Gasteiger partial charge in [0.25, 0.3) is 0 Å². The van der Waals surface area contributed by atoms with Crippen molar-refractivity contribution in [3.05, 3.63) is 28.3 Å². The molecule has 0 saturated carbocycles. The van der Waals surface area contributed by atoms with Crippen molar-refractivity contribution in [3.63, 3.8) is 0 Å². The summed E-state index contributed by atoms with van der Waals surface area (Å²) in [6.07, 6.45) is 0.120. The fraction of sp³-hybridized carbons (Fsp3) is 0.571. The number of benzene rings is 1. The molecule has 7 nitrogen and oxygen atoms in total. The Bertz CT molecular complexity index is 489. The normalized spacial score (nSPS) is 18.3. The molecule has 1 saturated heterocycles. The van der Waals surface area contributed by atoms with Crippen LogP contribution in [-0.2, 0) is 4.74 Å². The predicted octanol–water partition coefficient (Wildman–Crippen LogP) is 1.42. The maximum atomic E-state index is 11.0. The molecule has 0 bridgehead atoms. The zero-order valence-corrected chi connectivity index (χ0v) is 12.4. The summed E-state index contributed by atoms with van der Waals surface area (Å²) < 4.78 is 11.0. The van der Waals surface area contributed by atoms with E-state index in [9.17, 15) is 10.1 Å². The third kappa shape index (κ3) is 4.05. The Morgan fingerprint density at radius 2 is 2.38 bits per heavy atom. The van der Waals surface area contributed by atoms with Gasteiger partial charge in [-0.15, -0.1) is 0 Å². The van der Waals surface area contributed by atoms with Crippen LogP contribution in [0.5, 0.6) is 5.75 Å². The predicted molar refractivity (Wildman–Crippen MR) is 80.1 cm³/mol. The molecule has 2 rings (SSSR count). The van der Waals surface area contributed by atoms with Gasteiger partial charge in [0.05, 0.1) is 24.2 Å². The van der Waals surface area contributed by atoms with Gasteiger partial charge in [0.15, 0.2) is 5.75 Å². The Morgan fingerprint density at radius 1 is 1.57 bits per heavy atom. The fourth-order valence-electron chi connectivity index (χ4n) is 2.31. The Hall–Kier alpha value is -1.86. The lowest BCUT2D eigenvalue weighted by molar-refractivity contribution is -0.385. The molecule has 0 aliphatic carbocycles. The summed E-state index contributed by atoms with van der Waals surface area (Å²) >= 11 is 0. The van der Waals surface area contributed by atoms with E-state index in [2.05, 4.69) is 5.32 Å². The van der Waals surface area contributed by atoms with Crippen LogP contribution in [0.1, 0.15) is 6.92 Å². The number of rotatable bonds is 6. The molecule has 1 aliphatic heterocycles. The van der Waals surface area contributed by atoms with Gasteiger partial charge in [0, 0.05) is 44.5 Å². The van der Waals surface area contributed by atoms with Crippen molar-refractivity contribution in [2.45, 2.75) is 13.0 Å². The molecule has 1 aliphatic rings. The van der Waals surface area contributed by atoms with Gasteiger partial charge in [0.2, 0.25) is 0 Å². The van der Waals surface area contributed by atoms with Gasteiger partial charge in [-0.3, -0.25) is 10.1 Å². The van der Waals surface area contributed by atoms with Crippen LogP contribution in [0.2, 0.25) is 0 Å². The van der Waals surface area contributed by atoms with Crippen molar-refractivity contribution >= 4 is 11.4 Å². The molecule has 0 spiro atoms. The van der Waals surface area contributed by atoms with E-state index in [1.54, 1.807) is 12.1 Å². The number of nitro groups is 1. The number of nitro benzene ring substituents is 1. The summed E-state index contributed by atoms with van der Waals surface area (Å²) in [6.45, 7) is 5.33. The van der Waals surface area contributed by atoms with Crippen molar-refractivity contribution < 1.29 is 14.4 Å². The minimum absolute atomic E-state index is 0.00965. The highest BCUT2D eigenvalue weighted by Gasteiger charge is 2.19. The zero-order chi connectivity index (χ0) is 15.2. The average Bonchev–Trinajstić information content (AvgIpc) is 2.48. The van der Waals surface area contributed by atoms with Crippen molar-refractivity contribution in [3.8, 4) is 5.75 Å². The first kappa shape index (κ1) is 15.5. The number of nitrogens with one attached hydrogen (secondary N) is 1. The average molecular weight is 295 g/mol. The lowest BCUT2D eigenvalue weighted by Crippen LogP contribution is -2.44. The highest BCUT2D eigenvalue weighted by atomic mass is 16.6. The molecule has 1 fully saturated rings. The van der Waals surface area contributed by atoms with E-state index >= 15 is 0 Å². The molecule has 1 aromatic rings. The highest BCUT2D eigenvalue weighted by molar-refractivity contribution is 5.59. The van der Waals surface area contributed by atoms with Gasteiger partial charge in [0.1, 0.15) is 0 Å². The third-order valence-electron chi connectivity index (χ3n) is 3.36. The second kappa shape index (κ2) is 7.24. The van der Waals surface area contributed by atoms with E-state index in [1.165, 1.54) is 6.07 Å². The SMILES string of the molecule is CCOc1cc(N(C)CC2CNCCO2)ccc1[N+](=O)[O-]. The molecule has 1 heterocycles. The van der Waals surface area contributed by atoms with Crippen molar-refractivity contribution in [2.24, 2.45) is 0 Å². The van der Waals surface area contributed by atoms with Gasteiger partial charge in [-0.25, -0.2) is 0 Å². The largest absolute Gasteiger partial charge is 0.487 e. The number of hydrogen-bond acceptors (Lipinski definition) is 6. The Balaban J connectivity index is 2.10. The summed E-state index contributed by atoms with van der Waals surface area (Å²) in [4.78, 5) is 12.6. The van der Waals surface area contributed by atoms with Gasteiger partial charge in [-0.2, -0.15) is 0 Å². The summed E-state index contributed by atoms with van der Waals surface area (Å²) in [7, 11) is 1.94. The molecule has 116 valence electrons. The summed E-state index contributed by atoms with van der Waals surface area (Å²) in [5.74, 6) is 0.300. The maximum Gasteiger partial charge on any atom is 0.311 e. The molecule has 1 N–H and O–H groups in total. The van der Waals surface area contributed by atoms with Crippen LogP contribution in [0.4, 0.5) is 11.4 Å². The van der Waals surface area contributed by atoms with E-state index in [0.717, 1.165) is 25.3 Å². The Labute approximate surface area is 124 Å². The number of nitrogens with zero attached hydrogens (tertiary/aromatic N) is 2. The van der Waals surface area contributed by atoms with Crippen molar-refractivity contribution in [1.82, 2.24) is 5.32 Å². The van der Waals surface area contributed by atoms with Crippen LogP contribution >= 0.6 is 0 Å². The zero-order valence-electron chi connectivity index (χ0n) is 12.4. The smallest absolute Gasteiger partial charge is 0.311 e. The fourth-order valence-corrected chi connectivity index (χ4v) is 2.31. The van der Waals surface area contributed by atoms with E-state index in [0.29, 0.717) is 19.0 Å². The molecule has 21 heavy (non-hydrogen) atoms. The van der Waals surface area contributed by atoms with Crippen LogP contribution in [0.15, 0.2) is 18.2 Å². The topological polar surface area (TPSA) is 76.9 Å². The van der Waals surface area contributed by atoms with E-state index in [-0.39, 0.29) is 11.8 Å². The number of morpholine rings is 1. The summed E-state index contributed by atoms with van der Waals surface area (Å²) in [6, 6.07) is 4.92. The van der Waals surface area contributed by atoms with Crippen LogP contribution in [0, 0.1) is 10.1 Å². The molecular weight excluding hydrogens is 274 g/mol. The second-order valence-electron chi connectivity index (χ2n) is 4.92. The number of ether oxygens (including phenoxy) is 2. The molecule has 0 radical (unpaired) electrons. The molecule has 1 atom stereocenters. The monoisotopic (exact) mass is 295 g/mol. The lowest BCUT2D eigenvalue weighted by atomic mass is 10.2. The first-order valence-electron chi connectivity index (χ1n) is 7.06. The van der Waals surface area contributed by atoms with Gasteiger partial charge >= 0.3 is 5.69 Å². The molecule has 1 unspecified atom stereocenters. The van der Waals surface area contributed by atoms with E-state index in [1.807, 2.05) is 18.9 Å². The Kier molecular flexibility index (Phi) is 5.35. The van der Waals surface area contributed by atoms with Crippen LogP contribution in [-0.4, -0.2) is 50.9 Å². The van der Waals surface area contributed by atoms with Crippen LogP contribution < -0.4 is 15.0 Å². The minimum Gasteiger partial charge on any atom is -0.487 e. The van der Waals surface area contributed by atoms with Gasteiger partial charge in [-0.1, -0.05) is 0 Å². The first-order chi connectivity index (χ1) is 10.1. The molecular formula is C14H21N3O4. The van der Waals surface area contributed by atoms with Crippen LogP contribution in [0.25, 0.3) is 0 Å². The summed E-state index contributed by atoms with van der Waals surface area (Å²) in [5.41, 5.74) is 0.864. The summed E-state index contributed by atoms with van der Waals surface area (Å²) in [5, 5.41) is 14.3. The maximum absolute atomic E-state index is 11.0. The molecule has 0 amide bonds. The highest BCUT2D eigenvalue weighted by Crippen LogP contribution is 2.31. The Morgan fingerprint density at radius 3 is 3.00 bits per heavy atom. The lowest BCUT2D eigenvalue weighted by Gasteiger charge is -2.29. The third-order valence-corrected chi connectivity index (χ3v) is 3.36. The molecule has 7 heteroatoms. The number of anilines is 1. The van der Waals surface area contributed by atoms with Crippen molar-refractivity contribution in [1.29, 1.82) is 0 Å². The van der Waals surface area contributed by atoms with E-state index in [4.69, 9.17) is 9.47 Å². The molecule has 0 aromatic heterocycles.